The van der Waals surface area contributed by atoms with Gasteiger partial charge >= 0.3 is 6.09 Å². The van der Waals surface area contributed by atoms with Crippen molar-refractivity contribution in [3.63, 3.8) is 0 Å². The minimum atomic E-state index is -1.60. The van der Waals surface area contributed by atoms with Crippen molar-refractivity contribution >= 4 is 29.8 Å². The summed E-state index contributed by atoms with van der Waals surface area (Å²) in [5.41, 5.74) is 22.6. The molecule has 0 aromatic carbocycles. The summed E-state index contributed by atoms with van der Waals surface area (Å²) in [4.78, 5) is 52.9. The summed E-state index contributed by atoms with van der Waals surface area (Å²) in [6, 6.07) is -3.79. The summed E-state index contributed by atoms with van der Waals surface area (Å²) in [6.45, 7) is 0.203. The van der Waals surface area contributed by atoms with Crippen LogP contribution in [0.25, 0.3) is 0 Å². The highest BCUT2D eigenvalue weighted by Gasteiger charge is 2.49. The van der Waals surface area contributed by atoms with E-state index in [0.717, 1.165) is 6.42 Å². The van der Waals surface area contributed by atoms with Crippen LogP contribution in [-0.2, 0) is 23.9 Å². The number of fused-ring (bicyclic) bond motifs is 1. The zero-order valence-corrected chi connectivity index (χ0v) is 24.4. The van der Waals surface area contributed by atoms with Crippen LogP contribution in [-0.4, -0.2) is 132 Å². The van der Waals surface area contributed by atoms with E-state index < -0.39 is 79.3 Å². The van der Waals surface area contributed by atoms with Crippen LogP contribution in [0.5, 0.6) is 0 Å². The largest absolute Gasteiger partial charge is 0.441 e. The Morgan fingerprint density at radius 1 is 1.11 bits per heavy atom. The molecule has 44 heavy (non-hydrogen) atoms. The van der Waals surface area contributed by atoms with Gasteiger partial charge in [0, 0.05) is 38.0 Å². The highest BCUT2D eigenvalue weighted by molar-refractivity contribution is 5.92. The van der Waals surface area contributed by atoms with Gasteiger partial charge in [-0.25, -0.2) is 9.79 Å². The lowest BCUT2D eigenvalue weighted by molar-refractivity contribution is -0.198. The summed E-state index contributed by atoms with van der Waals surface area (Å²) < 4.78 is 10.8. The number of rotatable bonds is 15. The van der Waals surface area contributed by atoms with Crippen molar-refractivity contribution in [3.05, 3.63) is 0 Å². The van der Waals surface area contributed by atoms with E-state index in [9.17, 15) is 34.5 Å². The number of nitrogens with zero attached hydrogens (tertiary/aromatic N) is 1. The third kappa shape index (κ3) is 9.84. The Morgan fingerprint density at radius 3 is 2.43 bits per heavy atom. The molecule has 19 heteroatoms. The number of aliphatic hydroxyl groups excluding tert-OH is 3. The zero-order valence-electron chi connectivity index (χ0n) is 24.4. The van der Waals surface area contributed by atoms with Gasteiger partial charge in [-0.3, -0.25) is 14.4 Å². The number of nitrogens with one attached hydrogen (secondary N) is 5. The molecule has 2 saturated heterocycles. The first-order valence-electron chi connectivity index (χ1n) is 14.7. The van der Waals surface area contributed by atoms with E-state index in [2.05, 4.69) is 31.6 Å². The topological polar surface area (TPSA) is 324 Å². The molecule has 3 aliphatic heterocycles. The van der Waals surface area contributed by atoms with Crippen LogP contribution in [0, 0.1) is 0 Å². The van der Waals surface area contributed by atoms with E-state index in [1.807, 2.05) is 0 Å². The van der Waals surface area contributed by atoms with Crippen molar-refractivity contribution in [2.75, 3.05) is 26.2 Å². The number of β-amino-alcohol motifs (C(OH)–C–C–N with tert-alkyl or cyclic N) is 1. The summed E-state index contributed by atoms with van der Waals surface area (Å²) in [7, 11) is 0. The Hall–Kier alpha value is -3.33. The van der Waals surface area contributed by atoms with E-state index in [1.165, 1.54) is 0 Å². The number of hydrogen-bond donors (Lipinski definition) is 12. The van der Waals surface area contributed by atoms with Gasteiger partial charge in [-0.05, 0) is 32.2 Å². The summed E-state index contributed by atoms with van der Waals surface area (Å²) in [6.07, 6.45) is -5.37. The van der Waals surface area contributed by atoms with Crippen LogP contribution >= 0.6 is 0 Å². The molecule has 0 bridgehead atoms. The number of guanidine groups is 1. The van der Waals surface area contributed by atoms with Crippen LogP contribution in [0.3, 0.4) is 0 Å². The molecule has 5 unspecified atom stereocenters. The monoisotopic (exact) mass is 630 g/mol. The number of primary amides is 1. The minimum Gasteiger partial charge on any atom is -0.441 e. The number of nitrogens with two attached hydrogens (primary N) is 4. The van der Waals surface area contributed by atoms with Gasteiger partial charge in [0.25, 0.3) is 0 Å². The molecule has 3 rings (SSSR count). The number of ether oxygens (including phenoxy) is 2. The molecule has 3 heterocycles. The molecule has 19 nitrogen and oxygen atoms in total. The maximum absolute atomic E-state index is 13.0. The van der Waals surface area contributed by atoms with Crippen LogP contribution in [0.1, 0.15) is 38.5 Å². The molecule has 0 aromatic heterocycles. The van der Waals surface area contributed by atoms with Crippen molar-refractivity contribution in [3.8, 4) is 0 Å². The molecule has 10 atom stereocenters. The first-order valence-corrected chi connectivity index (χ1v) is 14.7. The van der Waals surface area contributed by atoms with E-state index in [-0.39, 0.29) is 37.3 Å². The van der Waals surface area contributed by atoms with Crippen LogP contribution in [0.4, 0.5) is 4.79 Å². The van der Waals surface area contributed by atoms with Crippen molar-refractivity contribution < 1.29 is 44.0 Å². The van der Waals surface area contributed by atoms with E-state index >= 15 is 0 Å². The van der Waals surface area contributed by atoms with Crippen molar-refractivity contribution in [1.29, 1.82) is 0 Å². The van der Waals surface area contributed by atoms with Crippen LogP contribution in [0.15, 0.2) is 4.99 Å². The second-order valence-corrected chi connectivity index (χ2v) is 11.2. The van der Waals surface area contributed by atoms with Gasteiger partial charge in [0.1, 0.15) is 18.2 Å². The molecule has 4 amide bonds. The van der Waals surface area contributed by atoms with Crippen LogP contribution < -0.4 is 49.5 Å². The fraction of sp³-hybridized carbons (Fsp3) is 0.800. The maximum atomic E-state index is 13.0. The van der Waals surface area contributed by atoms with Gasteiger partial charge in [-0.1, -0.05) is 0 Å². The van der Waals surface area contributed by atoms with Crippen molar-refractivity contribution in [2.45, 2.75) is 99.4 Å². The first kappa shape index (κ1) is 35.2. The van der Waals surface area contributed by atoms with Gasteiger partial charge in [-0.15, -0.1) is 0 Å². The van der Waals surface area contributed by atoms with Crippen molar-refractivity contribution in [1.82, 2.24) is 26.6 Å². The standard InChI is InChI=1S/C25H46N10O9/c26-5-1-3-11(27)7-15(38)30-6-2-4-12(28)8-16(39)32-19-20(40)21(44-24(29)42)14(10-36)43-23(19)35-25-33-17-13(37)9-31-22(41)18(17)34-25/h11-14,17-21,23,36-37,40H,1-10,26-28H2,(H2,29,42)(H,30,38)(H,31,41)(H,32,39)(H2,33,34,35)/t11?,12?,13?,14-,17?,18?,19-,20+,21+,23-/m1/s1. The molecular formula is C25H46N10O9. The van der Waals surface area contributed by atoms with E-state index in [4.69, 9.17) is 32.4 Å². The Labute approximate surface area is 254 Å². The fourth-order valence-electron chi connectivity index (χ4n) is 5.31. The second-order valence-electron chi connectivity index (χ2n) is 11.2. The van der Waals surface area contributed by atoms with Gasteiger partial charge in [-0.2, -0.15) is 0 Å². The molecule has 0 saturated carbocycles. The molecular weight excluding hydrogens is 584 g/mol. The molecule has 16 N–H and O–H groups in total. The maximum Gasteiger partial charge on any atom is 0.404 e. The van der Waals surface area contributed by atoms with Crippen molar-refractivity contribution in [2.24, 2.45) is 27.9 Å². The molecule has 250 valence electrons. The molecule has 0 spiro atoms. The molecule has 0 aromatic rings. The third-order valence-corrected chi connectivity index (χ3v) is 7.59. The van der Waals surface area contributed by atoms with Gasteiger partial charge in [0.05, 0.1) is 18.8 Å². The predicted molar refractivity (Wildman–Crippen MR) is 154 cm³/mol. The SMILES string of the molecule is NCCCC(N)CC(=O)NCCCC(N)CC(=O)N[C@@H]1[C@H](O)[C@@H](OC(N)=O)[C@@H](CO)O[C@H]1NC1=NC2C(=O)NCC(O)C2N1. The summed E-state index contributed by atoms with van der Waals surface area (Å²) >= 11 is 0. The molecule has 0 radical (unpaired) electrons. The average Bonchev–Trinajstić information content (AvgIpc) is 3.40. The number of carbonyl (C=O) groups excluding carboxylic acids is 4. The molecule has 0 aliphatic carbocycles. The van der Waals surface area contributed by atoms with Gasteiger partial charge in [0.15, 0.2) is 24.3 Å². The number of amides is 4. The molecule has 2 fully saturated rings. The predicted octanol–water partition coefficient (Wildman–Crippen LogP) is -6.14. The normalized spacial score (nSPS) is 31.0. The fourth-order valence-corrected chi connectivity index (χ4v) is 5.31. The third-order valence-electron chi connectivity index (χ3n) is 7.59. The average molecular weight is 631 g/mol. The lowest BCUT2D eigenvalue weighted by Gasteiger charge is -2.44. The second kappa shape index (κ2) is 16.7. The van der Waals surface area contributed by atoms with Crippen LogP contribution in [0.2, 0.25) is 0 Å². The zero-order chi connectivity index (χ0) is 32.4. The number of carbonyl (C=O) groups is 4. The quantitative estimate of drug-likeness (QED) is 0.0749. The first-order chi connectivity index (χ1) is 20.9. The number of piperidine rings is 1. The number of aliphatic imine (C=N–C) groups is 1. The number of hydrogen-bond acceptors (Lipinski definition) is 15. The number of aliphatic hydroxyl groups is 3. The van der Waals surface area contributed by atoms with Gasteiger partial charge < -0.3 is 74.3 Å². The van der Waals surface area contributed by atoms with E-state index in [1.54, 1.807) is 0 Å². The smallest absolute Gasteiger partial charge is 0.404 e. The molecule has 3 aliphatic rings. The Balaban J connectivity index is 1.57. The highest BCUT2D eigenvalue weighted by atomic mass is 16.6. The summed E-state index contributed by atoms with van der Waals surface area (Å²) in [5, 5.41) is 44.9. The lowest BCUT2D eigenvalue weighted by Crippen LogP contribution is -2.70. The Bertz CT molecular complexity index is 1040. The Morgan fingerprint density at radius 2 is 1.80 bits per heavy atom. The Kier molecular flexibility index (Phi) is 13.3. The lowest BCUT2D eigenvalue weighted by atomic mass is 9.95. The van der Waals surface area contributed by atoms with Gasteiger partial charge in [0.2, 0.25) is 17.7 Å². The highest BCUT2D eigenvalue weighted by Crippen LogP contribution is 2.24. The summed E-state index contributed by atoms with van der Waals surface area (Å²) in [5.74, 6) is -1.12. The van der Waals surface area contributed by atoms with E-state index in [0.29, 0.717) is 32.4 Å². The minimum absolute atomic E-state index is 0.0296.